The lowest BCUT2D eigenvalue weighted by Gasteiger charge is -2.16. The summed E-state index contributed by atoms with van der Waals surface area (Å²) in [4.78, 5) is 4.50. The summed E-state index contributed by atoms with van der Waals surface area (Å²) in [5, 5.41) is 15.4. The largest absolute Gasteiger partial charge is 0.495 e. The fourth-order valence-corrected chi connectivity index (χ4v) is 3.12. The van der Waals surface area contributed by atoms with Crippen molar-refractivity contribution in [1.29, 1.82) is 0 Å². The van der Waals surface area contributed by atoms with E-state index in [4.69, 9.17) is 16.3 Å². The Labute approximate surface area is 147 Å². The fraction of sp³-hybridized carbons (Fsp3) is 0.471. The molecule has 1 heterocycles. The van der Waals surface area contributed by atoms with Crippen LogP contribution in [0.5, 0.6) is 5.75 Å². The first-order valence-corrected chi connectivity index (χ1v) is 8.69. The molecule has 2 N–H and O–H groups in total. The predicted molar refractivity (Wildman–Crippen MR) is 96.2 cm³/mol. The molecule has 0 unspecified atom stereocenters. The van der Waals surface area contributed by atoms with Gasteiger partial charge in [-0.2, -0.15) is 10.1 Å². The quantitative estimate of drug-likeness (QED) is 0.780. The van der Waals surface area contributed by atoms with Crippen molar-refractivity contribution in [2.24, 2.45) is 0 Å². The van der Waals surface area contributed by atoms with Crippen molar-refractivity contribution in [2.75, 3.05) is 17.7 Å². The van der Waals surface area contributed by atoms with Crippen LogP contribution in [-0.2, 0) is 0 Å². The summed E-state index contributed by atoms with van der Waals surface area (Å²) >= 11 is 6.06. The summed E-state index contributed by atoms with van der Waals surface area (Å²) < 4.78 is 5.34. The monoisotopic (exact) mass is 347 g/mol. The Kier molecular flexibility index (Phi) is 5.69. The molecular weight excluding hydrogens is 326 g/mol. The number of ether oxygens (including phenoxy) is 1. The average molecular weight is 348 g/mol. The highest BCUT2D eigenvalue weighted by molar-refractivity contribution is 6.31. The van der Waals surface area contributed by atoms with Crippen molar-refractivity contribution >= 4 is 29.1 Å². The second-order valence-corrected chi connectivity index (χ2v) is 6.40. The molecule has 1 aliphatic carbocycles. The Morgan fingerprint density at radius 2 is 1.96 bits per heavy atom. The smallest absolute Gasteiger partial charge is 0.244 e. The van der Waals surface area contributed by atoms with E-state index in [1.54, 1.807) is 25.4 Å². The summed E-state index contributed by atoms with van der Waals surface area (Å²) in [6, 6.07) is 5.80. The summed E-state index contributed by atoms with van der Waals surface area (Å²) in [6.45, 7) is 0. The van der Waals surface area contributed by atoms with Gasteiger partial charge in [0.25, 0.3) is 0 Å². The van der Waals surface area contributed by atoms with E-state index in [9.17, 15) is 0 Å². The molecule has 1 aromatic carbocycles. The van der Waals surface area contributed by atoms with Gasteiger partial charge in [-0.1, -0.05) is 37.3 Å². The summed E-state index contributed by atoms with van der Waals surface area (Å²) in [5.41, 5.74) is 0.742. The van der Waals surface area contributed by atoms with Gasteiger partial charge in [0.05, 0.1) is 19.0 Å². The van der Waals surface area contributed by atoms with Crippen LogP contribution in [0.25, 0.3) is 0 Å². The maximum absolute atomic E-state index is 6.06. The molecule has 1 aromatic heterocycles. The minimum Gasteiger partial charge on any atom is -0.495 e. The molecule has 128 valence electrons. The zero-order valence-corrected chi connectivity index (χ0v) is 14.5. The molecule has 3 rings (SSSR count). The van der Waals surface area contributed by atoms with Crippen LogP contribution in [0.15, 0.2) is 24.4 Å². The lowest BCUT2D eigenvalue weighted by molar-refractivity contribution is 0.417. The van der Waals surface area contributed by atoms with Gasteiger partial charge < -0.3 is 15.4 Å². The van der Waals surface area contributed by atoms with E-state index < -0.39 is 0 Å². The van der Waals surface area contributed by atoms with E-state index in [0.717, 1.165) is 18.5 Å². The Balaban J connectivity index is 1.72. The third-order valence-corrected chi connectivity index (χ3v) is 4.41. The number of anilines is 3. The normalized spacial score (nSPS) is 15.6. The zero-order chi connectivity index (χ0) is 16.8. The van der Waals surface area contributed by atoms with Crippen LogP contribution in [0, 0.1) is 0 Å². The van der Waals surface area contributed by atoms with Gasteiger partial charge in [-0.15, -0.1) is 5.10 Å². The number of nitrogens with zero attached hydrogens (tertiary/aromatic N) is 3. The van der Waals surface area contributed by atoms with Crippen LogP contribution in [0.3, 0.4) is 0 Å². The molecule has 0 spiro atoms. The Hall–Kier alpha value is -2.08. The number of benzene rings is 1. The van der Waals surface area contributed by atoms with Crippen LogP contribution in [0.4, 0.5) is 17.5 Å². The molecule has 1 fully saturated rings. The molecule has 0 atom stereocenters. The number of hydrogen-bond donors (Lipinski definition) is 2. The van der Waals surface area contributed by atoms with Crippen molar-refractivity contribution in [2.45, 2.75) is 44.6 Å². The number of methoxy groups -OCH3 is 1. The average Bonchev–Trinajstić information content (AvgIpc) is 2.84. The van der Waals surface area contributed by atoms with E-state index in [1.807, 2.05) is 6.07 Å². The third kappa shape index (κ3) is 4.47. The Bertz CT molecular complexity index is 674. The van der Waals surface area contributed by atoms with Gasteiger partial charge in [-0.05, 0) is 31.0 Å². The van der Waals surface area contributed by atoms with Crippen LogP contribution in [-0.4, -0.2) is 28.3 Å². The second-order valence-electron chi connectivity index (χ2n) is 5.97. The van der Waals surface area contributed by atoms with Crippen LogP contribution in [0.2, 0.25) is 5.02 Å². The molecule has 2 aromatic rings. The molecule has 0 aliphatic heterocycles. The first-order valence-electron chi connectivity index (χ1n) is 8.31. The molecule has 1 saturated carbocycles. The highest BCUT2D eigenvalue weighted by Crippen LogP contribution is 2.30. The van der Waals surface area contributed by atoms with E-state index >= 15 is 0 Å². The molecular formula is C17H22ClN5O. The lowest BCUT2D eigenvalue weighted by Crippen LogP contribution is -2.20. The van der Waals surface area contributed by atoms with E-state index in [1.165, 1.54) is 25.7 Å². The predicted octanol–water partition coefficient (Wildman–Crippen LogP) is 4.41. The van der Waals surface area contributed by atoms with Gasteiger partial charge in [0.15, 0.2) is 5.82 Å². The van der Waals surface area contributed by atoms with Crippen molar-refractivity contribution in [3.63, 3.8) is 0 Å². The van der Waals surface area contributed by atoms with Gasteiger partial charge >= 0.3 is 0 Å². The summed E-state index contributed by atoms with van der Waals surface area (Å²) in [5.74, 6) is 1.84. The third-order valence-electron chi connectivity index (χ3n) is 4.17. The maximum atomic E-state index is 6.06. The number of rotatable bonds is 5. The highest BCUT2D eigenvalue weighted by atomic mass is 35.5. The zero-order valence-electron chi connectivity index (χ0n) is 13.8. The van der Waals surface area contributed by atoms with Crippen molar-refractivity contribution in [3.05, 3.63) is 29.4 Å². The van der Waals surface area contributed by atoms with E-state index in [2.05, 4.69) is 25.8 Å². The van der Waals surface area contributed by atoms with Crippen molar-refractivity contribution < 1.29 is 4.74 Å². The topological polar surface area (TPSA) is 72.0 Å². The Morgan fingerprint density at radius 1 is 1.17 bits per heavy atom. The minimum absolute atomic E-state index is 0.422. The Morgan fingerprint density at radius 3 is 2.71 bits per heavy atom. The van der Waals surface area contributed by atoms with Gasteiger partial charge in [-0.3, -0.25) is 0 Å². The van der Waals surface area contributed by atoms with Gasteiger partial charge in [0.1, 0.15) is 5.75 Å². The molecule has 0 amide bonds. The van der Waals surface area contributed by atoms with Gasteiger partial charge in [-0.25, -0.2) is 0 Å². The number of halogens is 1. The number of hydrogen-bond acceptors (Lipinski definition) is 6. The summed E-state index contributed by atoms with van der Waals surface area (Å²) in [6.07, 6.45) is 9.03. The van der Waals surface area contributed by atoms with Crippen molar-refractivity contribution in [1.82, 2.24) is 15.2 Å². The SMILES string of the molecule is COc1ccc(Cl)cc1Nc1cnnc(NC2CCCCCC2)n1. The molecule has 24 heavy (non-hydrogen) atoms. The first-order chi connectivity index (χ1) is 11.7. The first kappa shape index (κ1) is 16.8. The molecule has 0 saturated heterocycles. The van der Waals surface area contributed by atoms with Crippen LogP contribution >= 0.6 is 11.6 Å². The number of nitrogens with one attached hydrogen (secondary N) is 2. The molecule has 1 aliphatic rings. The lowest BCUT2D eigenvalue weighted by atomic mass is 10.1. The highest BCUT2D eigenvalue weighted by Gasteiger charge is 2.14. The molecule has 0 bridgehead atoms. The fourth-order valence-electron chi connectivity index (χ4n) is 2.95. The van der Waals surface area contributed by atoms with Gasteiger partial charge in [0.2, 0.25) is 5.95 Å². The van der Waals surface area contributed by atoms with Crippen LogP contribution < -0.4 is 15.4 Å². The molecule has 6 nitrogen and oxygen atoms in total. The standard InChI is InChI=1S/C17H22ClN5O/c1-24-15-9-8-12(18)10-14(15)21-16-11-19-23-17(22-16)20-13-6-4-2-3-5-7-13/h8-11,13H,2-7H2,1H3,(H2,20,21,22,23). The maximum Gasteiger partial charge on any atom is 0.244 e. The van der Waals surface area contributed by atoms with E-state index in [0.29, 0.717) is 28.6 Å². The minimum atomic E-state index is 0.422. The van der Waals surface area contributed by atoms with Gasteiger partial charge in [0, 0.05) is 11.1 Å². The van der Waals surface area contributed by atoms with Crippen LogP contribution in [0.1, 0.15) is 38.5 Å². The second kappa shape index (κ2) is 8.15. The van der Waals surface area contributed by atoms with Crippen molar-refractivity contribution in [3.8, 4) is 5.75 Å². The summed E-state index contributed by atoms with van der Waals surface area (Å²) in [7, 11) is 1.62. The molecule has 0 radical (unpaired) electrons. The number of aromatic nitrogens is 3. The molecule has 7 heteroatoms. The van der Waals surface area contributed by atoms with E-state index in [-0.39, 0.29) is 0 Å².